The predicted octanol–water partition coefficient (Wildman–Crippen LogP) is 2.37. The molecule has 0 unspecified atom stereocenters. The van der Waals surface area contributed by atoms with E-state index < -0.39 is 5.91 Å². The zero-order valence-corrected chi connectivity index (χ0v) is 17.5. The van der Waals surface area contributed by atoms with Gasteiger partial charge in [0.15, 0.2) is 0 Å². The zero-order valence-electron chi connectivity index (χ0n) is 16.0. The highest BCUT2D eigenvalue weighted by molar-refractivity contribution is 6.45. The maximum Gasteiger partial charge on any atom is 0.275 e. The minimum Gasteiger partial charge on any atom is -0.404 e. The Morgan fingerprint density at radius 2 is 2.07 bits per heavy atom. The van der Waals surface area contributed by atoms with E-state index in [-0.39, 0.29) is 25.5 Å². The minimum atomic E-state index is -0.393. The third-order valence-corrected chi connectivity index (χ3v) is 4.32. The number of aliphatic imine (C=N–C) groups is 1. The summed E-state index contributed by atoms with van der Waals surface area (Å²) in [6.07, 6.45) is 3.06. The van der Waals surface area contributed by atoms with E-state index >= 15 is 0 Å². The molecule has 0 aromatic heterocycles. The largest absolute Gasteiger partial charge is 0.404 e. The molecule has 0 radical (unpaired) electrons. The predicted molar refractivity (Wildman–Crippen MR) is 113 cm³/mol. The molecule has 0 atom stereocenters. The van der Waals surface area contributed by atoms with Crippen LogP contribution in [0.3, 0.4) is 0 Å². The lowest BCUT2D eigenvalue weighted by Gasteiger charge is -2.14. The topological polar surface area (TPSA) is 109 Å². The number of carbonyl (C=O) groups excluding carboxylic acids is 1. The first-order valence-corrected chi connectivity index (χ1v) is 9.45. The van der Waals surface area contributed by atoms with E-state index in [0.717, 1.165) is 5.56 Å². The molecule has 0 spiro atoms. The van der Waals surface area contributed by atoms with Gasteiger partial charge in [-0.05, 0) is 49.4 Å². The smallest absolute Gasteiger partial charge is 0.275 e. The number of aliphatic hydroxyl groups excluding tert-OH is 1. The zero-order chi connectivity index (χ0) is 20.9. The van der Waals surface area contributed by atoms with E-state index in [4.69, 9.17) is 38.8 Å². The molecular weight excluding hydrogens is 403 g/mol. The van der Waals surface area contributed by atoms with E-state index in [9.17, 15) is 4.79 Å². The Kier molecular flexibility index (Phi) is 11.3. The van der Waals surface area contributed by atoms with Gasteiger partial charge in [0, 0.05) is 6.54 Å². The fourth-order valence-electron chi connectivity index (χ4n) is 2.09. The quantitative estimate of drug-likeness (QED) is 0.319. The van der Waals surface area contributed by atoms with Gasteiger partial charge >= 0.3 is 0 Å². The number of amides is 1. The van der Waals surface area contributed by atoms with Gasteiger partial charge in [0.25, 0.3) is 5.91 Å². The number of benzene rings is 1. The van der Waals surface area contributed by atoms with Crippen LogP contribution in [-0.4, -0.2) is 43.1 Å². The van der Waals surface area contributed by atoms with Crippen molar-refractivity contribution in [1.82, 2.24) is 10.6 Å². The van der Waals surface area contributed by atoms with Crippen molar-refractivity contribution in [3.63, 3.8) is 0 Å². The van der Waals surface area contributed by atoms with Gasteiger partial charge in [-0.15, -0.1) is 0 Å². The molecule has 0 heterocycles. The van der Waals surface area contributed by atoms with Crippen LogP contribution in [-0.2, 0) is 16.1 Å². The molecule has 9 heteroatoms. The summed E-state index contributed by atoms with van der Waals surface area (Å²) in [5, 5.41) is 15.6. The van der Waals surface area contributed by atoms with Crippen LogP contribution in [0.4, 0.5) is 0 Å². The Balaban J connectivity index is 2.72. The van der Waals surface area contributed by atoms with Crippen molar-refractivity contribution in [3.8, 4) is 0 Å². The first-order valence-electron chi connectivity index (χ1n) is 8.70. The third kappa shape index (κ3) is 8.31. The van der Waals surface area contributed by atoms with Gasteiger partial charge < -0.3 is 26.2 Å². The first kappa shape index (κ1) is 24.0. The van der Waals surface area contributed by atoms with E-state index in [1.807, 2.05) is 6.07 Å². The number of carbonyl (C=O) groups is 1. The number of aliphatic hydroxyl groups is 1. The van der Waals surface area contributed by atoms with E-state index in [1.165, 1.54) is 6.20 Å². The molecule has 0 saturated carbocycles. The molecule has 0 fully saturated rings. The SMILES string of the molecule is C/C=C(\NCc1ccc(Cl)c(Cl)c1)NC(=O)C(=NCCOCCO)C(C)=CN. The molecule has 1 aromatic rings. The Morgan fingerprint density at radius 3 is 2.68 bits per heavy atom. The number of rotatable bonds is 11. The monoisotopic (exact) mass is 428 g/mol. The number of nitrogens with zero attached hydrogens (tertiary/aromatic N) is 1. The molecular formula is C19H26Cl2N4O3. The van der Waals surface area contributed by atoms with Gasteiger partial charge in [0.05, 0.1) is 36.4 Å². The van der Waals surface area contributed by atoms with Crippen LogP contribution in [0.5, 0.6) is 0 Å². The maximum absolute atomic E-state index is 12.6. The van der Waals surface area contributed by atoms with Crippen LogP contribution >= 0.6 is 23.2 Å². The molecule has 0 aliphatic heterocycles. The molecule has 0 bridgehead atoms. The summed E-state index contributed by atoms with van der Waals surface area (Å²) in [6.45, 7) is 4.67. The molecule has 154 valence electrons. The van der Waals surface area contributed by atoms with Gasteiger partial charge in [-0.1, -0.05) is 29.3 Å². The lowest BCUT2D eigenvalue weighted by atomic mass is 10.2. The normalized spacial score (nSPS) is 12.8. The summed E-state index contributed by atoms with van der Waals surface area (Å²) in [5.74, 6) is 0.126. The number of nitrogens with two attached hydrogens (primary N) is 1. The fourth-order valence-corrected chi connectivity index (χ4v) is 2.41. The molecule has 0 aliphatic rings. The second-order valence-corrected chi connectivity index (χ2v) is 6.49. The third-order valence-electron chi connectivity index (χ3n) is 3.58. The number of ether oxygens (including phenoxy) is 1. The van der Waals surface area contributed by atoms with Crippen LogP contribution in [0.25, 0.3) is 0 Å². The van der Waals surface area contributed by atoms with Crippen LogP contribution in [0, 0.1) is 0 Å². The van der Waals surface area contributed by atoms with Crippen molar-refractivity contribution in [2.24, 2.45) is 10.7 Å². The molecule has 1 aromatic carbocycles. The number of halogens is 2. The molecule has 1 amide bonds. The van der Waals surface area contributed by atoms with Gasteiger partial charge in [0.1, 0.15) is 11.5 Å². The summed E-state index contributed by atoms with van der Waals surface area (Å²) in [7, 11) is 0. The van der Waals surface area contributed by atoms with Crippen LogP contribution in [0.2, 0.25) is 10.0 Å². The highest BCUT2D eigenvalue weighted by atomic mass is 35.5. The van der Waals surface area contributed by atoms with E-state index in [1.54, 1.807) is 32.1 Å². The highest BCUT2D eigenvalue weighted by Gasteiger charge is 2.14. The Morgan fingerprint density at radius 1 is 1.32 bits per heavy atom. The van der Waals surface area contributed by atoms with Crippen molar-refractivity contribution < 1.29 is 14.6 Å². The minimum absolute atomic E-state index is 0.0616. The average molecular weight is 429 g/mol. The summed E-state index contributed by atoms with van der Waals surface area (Å²) in [5.41, 5.74) is 7.21. The van der Waals surface area contributed by atoms with Crippen LogP contribution in [0.1, 0.15) is 19.4 Å². The second-order valence-electron chi connectivity index (χ2n) is 5.67. The molecule has 0 saturated heterocycles. The number of hydrogen-bond donors (Lipinski definition) is 4. The van der Waals surface area contributed by atoms with Gasteiger partial charge in [-0.3, -0.25) is 9.79 Å². The number of allylic oxidation sites excluding steroid dienone is 1. The van der Waals surface area contributed by atoms with Crippen LogP contribution in [0.15, 0.2) is 46.9 Å². The van der Waals surface area contributed by atoms with E-state index in [0.29, 0.717) is 34.6 Å². The Bertz CT molecular complexity index is 749. The fraction of sp³-hybridized carbons (Fsp3) is 0.368. The van der Waals surface area contributed by atoms with Crippen molar-refractivity contribution in [2.75, 3.05) is 26.4 Å². The lowest BCUT2D eigenvalue weighted by Crippen LogP contribution is -2.36. The maximum atomic E-state index is 12.6. The molecule has 7 nitrogen and oxygen atoms in total. The highest BCUT2D eigenvalue weighted by Crippen LogP contribution is 2.22. The van der Waals surface area contributed by atoms with Gasteiger partial charge in [0.2, 0.25) is 0 Å². The standard InChI is InChI=1S/C19H26Cl2N4O3/c1-3-17(24-12-14-4-5-15(20)16(21)10-14)25-19(27)18(13(2)11-22)23-6-8-28-9-7-26/h3-5,10-11,24,26H,6-9,12,22H2,1-2H3,(H,25,27)/b13-11?,17-3+,23-18?. The van der Waals surface area contributed by atoms with Crippen molar-refractivity contribution in [1.29, 1.82) is 0 Å². The number of nitrogens with one attached hydrogen (secondary N) is 2. The average Bonchev–Trinajstić information content (AvgIpc) is 2.69. The number of hydrogen-bond acceptors (Lipinski definition) is 6. The Hall–Kier alpha value is -2.06. The summed E-state index contributed by atoms with van der Waals surface area (Å²) in [6, 6.07) is 5.32. The van der Waals surface area contributed by atoms with Crippen molar-refractivity contribution in [2.45, 2.75) is 20.4 Å². The van der Waals surface area contributed by atoms with Gasteiger partial charge in [-0.2, -0.15) is 0 Å². The molecule has 5 N–H and O–H groups in total. The second kappa shape index (κ2) is 13.2. The molecule has 1 rings (SSSR count). The van der Waals surface area contributed by atoms with Crippen LogP contribution < -0.4 is 16.4 Å². The first-order chi connectivity index (χ1) is 13.4. The summed E-state index contributed by atoms with van der Waals surface area (Å²) in [4.78, 5) is 16.9. The van der Waals surface area contributed by atoms with Gasteiger partial charge in [-0.25, -0.2) is 0 Å². The van der Waals surface area contributed by atoms with Crippen molar-refractivity contribution in [3.05, 3.63) is 57.5 Å². The van der Waals surface area contributed by atoms with Crippen molar-refractivity contribution >= 4 is 34.8 Å². The molecule has 0 aliphatic carbocycles. The Labute approximate surface area is 175 Å². The summed E-state index contributed by atoms with van der Waals surface area (Å²) < 4.78 is 5.15. The summed E-state index contributed by atoms with van der Waals surface area (Å²) >= 11 is 11.9. The van der Waals surface area contributed by atoms with E-state index in [2.05, 4.69) is 15.6 Å². The molecule has 28 heavy (non-hydrogen) atoms. The lowest BCUT2D eigenvalue weighted by molar-refractivity contribution is -0.114.